The average molecular weight is 339 g/mol. The van der Waals surface area contributed by atoms with Crippen molar-refractivity contribution < 1.29 is 23.1 Å². The Kier molecular flexibility index (Phi) is 5.65. The number of amides is 1. The van der Waals surface area contributed by atoms with Gasteiger partial charge in [-0.2, -0.15) is 11.8 Å². The number of carbonyl (C=O) groups excluding carboxylic acids is 2. The Labute approximate surface area is 137 Å². The minimum absolute atomic E-state index is 0.00292. The van der Waals surface area contributed by atoms with E-state index in [1.165, 1.54) is 13.2 Å². The van der Waals surface area contributed by atoms with Crippen LogP contribution in [0.3, 0.4) is 0 Å². The van der Waals surface area contributed by atoms with Gasteiger partial charge in [0.1, 0.15) is 6.04 Å². The van der Waals surface area contributed by atoms with Gasteiger partial charge in [-0.3, -0.25) is 4.79 Å². The Morgan fingerprint density at radius 1 is 1.43 bits per heavy atom. The minimum Gasteiger partial charge on any atom is -0.467 e. The third-order valence-corrected chi connectivity index (χ3v) is 4.17. The molecule has 23 heavy (non-hydrogen) atoms. The fraction of sp³-hybridized carbons (Fsp3) is 0.375. The number of benzene rings is 1. The van der Waals surface area contributed by atoms with Crippen LogP contribution in [-0.4, -0.2) is 37.0 Å². The lowest BCUT2D eigenvalue weighted by Gasteiger charge is -2.15. The molecule has 1 N–H and O–H groups in total. The van der Waals surface area contributed by atoms with Crippen LogP contribution in [0.25, 0.3) is 11.0 Å². The lowest BCUT2D eigenvalue weighted by atomic mass is 10.1. The van der Waals surface area contributed by atoms with E-state index in [2.05, 4.69) is 5.32 Å². The molecule has 2 rings (SSSR count). The SMILES string of the molecule is COC(=O)[C@H](CCSC)NC(=O)c1oc2c(F)cccc2c1C. The van der Waals surface area contributed by atoms with E-state index in [1.807, 2.05) is 6.26 Å². The number of furan rings is 1. The first-order valence-electron chi connectivity index (χ1n) is 7.04. The van der Waals surface area contributed by atoms with Gasteiger partial charge in [-0.25, -0.2) is 9.18 Å². The van der Waals surface area contributed by atoms with Gasteiger partial charge in [0.2, 0.25) is 0 Å². The first-order chi connectivity index (χ1) is 11.0. The molecule has 1 aromatic heterocycles. The van der Waals surface area contributed by atoms with Crippen molar-refractivity contribution in [3.05, 3.63) is 35.3 Å². The number of nitrogens with one attached hydrogen (secondary N) is 1. The number of carbonyl (C=O) groups is 2. The first-order valence-corrected chi connectivity index (χ1v) is 8.44. The van der Waals surface area contributed by atoms with E-state index in [1.54, 1.807) is 30.8 Å². The van der Waals surface area contributed by atoms with Crippen molar-refractivity contribution in [3.8, 4) is 0 Å². The van der Waals surface area contributed by atoms with E-state index in [0.717, 1.165) is 0 Å². The number of thioether (sulfide) groups is 1. The highest BCUT2D eigenvalue weighted by molar-refractivity contribution is 7.98. The van der Waals surface area contributed by atoms with Crippen LogP contribution in [-0.2, 0) is 9.53 Å². The summed E-state index contributed by atoms with van der Waals surface area (Å²) in [5.41, 5.74) is 0.569. The van der Waals surface area contributed by atoms with Crippen molar-refractivity contribution in [2.45, 2.75) is 19.4 Å². The standard InChI is InChI=1S/C16H18FNO4S/c1-9-10-5-4-6-11(17)14(10)22-13(9)15(19)18-12(7-8-23-3)16(20)21-2/h4-6,12H,7-8H2,1-3H3,(H,18,19)/t12-/m0/s1. The summed E-state index contributed by atoms with van der Waals surface area (Å²) in [5, 5.41) is 3.13. The highest BCUT2D eigenvalue weighted by Gasteiger charge is 2.25. The third kappa shape index (κ3) is 3.67. The molecule has 1 amide bonds. The summed E-state index contributed by atoms with van der Waals surface area (Å²) < 4.78 is 23.8. The van der Waals surface area contributed by atoms with Crippen LogP contribution in [0, 0.1) is 12.7 Å². The Balaban J connectivity index is 2.27. The number of hydrogen-bond donors (Lipinski definition) is 1. The molecule has 0 saturated carbocycles. The quantitative estimate of drug-likeness (QED) is 0.820. The topological polar surface area (TPSA) is 68.5 Å². The molecular formula is C16H18FNO4S. The van der Waals surface area contributed by atoms with Crippen LogP contribution in [0.1, 0.15) is 22.5 Å². The predicted molar refractivity (Wildman–Crippen MR) is 87.2 cm³/mol. The second-order valence-electron chi connectivity index (χ2n) is 5.00. The van der Waals surface area contributed by atoms with Gasteiger partial charge in [-0.15, -0.1) is 0 Å². The van der Waals surface area contributed by atoms with Crippen molar-refractivity contribution >= 4 is 34.6 Å². The number of halogens is 1. The van der Waals surface area contributed by atoms with Gasteiger partial charge in [-0.1, -0.05) is 12.1 Å². The second kappa shape index (κ2) is 7.50. The molecule has 5 nitrogen and oxygen atoms in total. The summed E-state index contributed by atoms with van der Waals surface area (Å²) in [5.74, 6) is -0.921. The van der Waals surface area contributed by atoms with Gasteiger partial charge in [-0.05, 0) is 31.4 Å². The van der Waals surface area contributed by atoms with Crippen LogP contribution in [0.5, 0.6) is 0 Å². The molecule has 0 spiro atoms. The lowest BCUT2D eigenvalue weighted by Crippen LogP contribution is -2.42. The molecule has 2 aromatic rings. The van der Waals surface area contributed by atoms with Crippen molar-refractivity contribution in [3.63, 3.8) is 0 Å². The summed E-state index contributed by atoms with van der Waals surface area (Å²) in [6.45, 7) is 1.68. The number of esters is 1. The fourth-order valence-corrected chi connectivity index (χ4v) is 2.75. The second-order valence-corrected chi connectivity index (χ2v) is 5.99. The summed E-state index contributed by atoms with van der Waals surface area (Å²) in [6, 6.07) is 3.73. The molecule has 0 saturated heterocycles. The molecule has 0 unspecified atom stereocenters. The molecule has 1 heterocycles. The summed E-state index contributed by atoms with van der Waals surface area (Å²) in [6.07, 6.45) is 2.34. The molecule has 0 fully saturated rings. The zero-order valence-electron chi connectivity index (χ0n) is 13.1. The Morgan fingerprint density at radius 2 is 2.17 bits per heavy atom. The molecule has 124 valence electrons. The molecule has 1 atom stereocenters. The van der Waals surface area contributed by atoms with Crippen molar-refractivity contribution in [1.29, 1.82) is 0 Å². The Bertz CT molecular complexity index is 728. The molecular weight excluding hydrogens is 321 g/mol. The highest BCUT2D eigenvalue weighted by Crippen LogP contribution is 2.27. The van der Waals surface area contributed by atoms with Crippen LogP contribution >= 0.6 is 11.8 Å². The van der Waals surface area contributed by atoms with E-state index >= 15 is 0 Å². The molecule has 0 aliphatic heterocycles. The van der Waals surface area contributed by atoms with Crippen molar-refractivity contribution in [2.75, 3.05) is 19.1 Å². The maximum atomic E-state index is 13.8. The van der Waals surface area contributed by atoms with E-state index in [0.29, 0.717) is 23.1 Å². The van der Waals surface area contributed by atoms with Gasteiger partial charge in [0.25, 0.3) is 5.91 Å². The monoisotopic (exact) mass is 339 g/mol. The summed E-state index contributed by atoms with van der Waals surface area (Å²) >= 11 is 1.56. The zero-order chi connectivity index (χ0) is 17.0. The number of rotatable bonds is 6. The minimum atomic E-state index is -0.766. The Morgan fingerprint density at radius 3 is 2.78 bits per heavy atom. The first kappa shape index (κ1) is 17.3. The fourth-order valence-electron chi connectivity index (χ4n) is 2.28. The van der Waals surface area contributed by atoms with Gasteiger partial charge in [0, 0.05) is 10.9 Å². The van der Waals surface area contributed by atoms with E-state index in [9.17, 15) is 14.0 Å². The van der Waals surface area contributed by atoms with E-state index in [4.69, 9.17) is 9.15 Å². The van der Waals surface area contributed by atoms with Gasteiger partial charge >= 0.3 is 5.97 Å². The number of aryl methyl sites for hydroxylation is 1. The Hall–Kier alpha value is -2.02. The predicted octanol–water partition coefficient (Wildman–Crippen LogP) is 2.90. The number of hydrogen-bond acceptors (Lipinski definition) is 5. The van der Waals surface area contributed by atoms with Crippen LogP contribution in [0.4, 0.5) is 4.39 Å². The zero-order valence-corrected chi connectivity index (χ0v) is 14.0. The summed E-state index contributed by atoms with van der Waals surface area (Å²) in [4.78, 5) is 24.2. The average Bonchev–Trinajstić information content (AvgIpc) is 2.89. The lowest BCUT2D eigenvalue weighted by molar-refractivity contribution is -0.142. The number of para-hydroxylation sites is 1. The maximum Gasteiger partial charge on any atom is 0.328 e. The molecule has 0 bridgehead atoms. The maximum absolute atomic E-state index is 13.8. The van der Waals surface area contributed by atoms with E-state index < -0.39 is 23.7 Å². The van der Waals surface area contributed by atoms with E-state index in [-0.39, 0.29) is 11.3 Å². The van der Waals surface area contributed by atoms with Gasteiger partial charge in [0.15, 0.2) is 17.2 Å². The van der Waals surface area contributed by atoms with Crippen LogP contribution in [0.15, 0.2) is 22.6 Å². The normalized spacial score (nSPS) is 12.2. The largest absolute Gasteiger partial charge is 0.467 e. The van der Waals surface area contributed by atoms with Gasteiger partial charge < -0.3 is 14.5 Å². The number of ether oxygens (including phenoxy) is 1. The molecule has 1 aromatic carbocycles. The molecule has 0 aliphatic rings. The molecule has 0 aliphatic carbocycles. The smallest absolute Gasteiger partial charge is 0.328 e. The third-order valence-electron chi connectivity index (χ3n) is 3.52. The van der Waals surface area contributed by atoms with Crippen molar-refractivity contribution in [2.24, 2.45) is 0 Å². The summed E-state index contributed by atoms with van der Waals surface area (Å²) in [7, 11) is 1.27. The highest BCUT2D eigenvalue weighted by atomic mass is 32.2. The van der Waals surface area contributed by atoms with Crippen molar-refractivity contribution in [1.82, 2.24) is 5.32 Å². The van der Waals surface area contributed by atoms with Crippen LogP contribution < -0.4 is 5.32 Å². The number of methoxy groups -OCH3 is 1. The molecule has 0 radical (unpaired) electrons. The van der Waals surface area contributed by atoms with Gasteiger partial charge in [0.05, 0.1) is 7.11 Å². The van der Waals surface area contributed by atoms with Crippen LogP contribution in [0.2, 0.25) is 0 Å². The number of fused-ring (bicyclic) bond motifs is 1. The molecule has 7 heteroatoms.